The van der Waals surface area contributed by atoms with Crippen LogP contribution in [0, 0.1) is 5.82 Å². The maximum Gasteiger partial charge on any atom is 0.422 e. The number of halogens is 4. The largest absolute Gasteiger partial charge is 0.483 e. The Morgan fingerprint density at radius 2 is 2.00 bits per heavy atom. The molecule has 0 spiro atoms. The molecule has 3 aromatic rings. The van der Waals surface area contributed by atoms with Gasteiger partial charge in [0.2, 0.25) is 0 Å². The number of pyridine rings is 1. The molecule has 2 aromatic heterocycles. The first kappa shape index (κ1) is 18.7. The quantitative estimate of drug-likeness (QED) is 0.688. The highest BCUT2D eigenvalue weighted by Crippen LogP contribution is 2.20. The molecule has 1 N–H and O–H groups in total. The summed E-state index contributed by atoms with van der Waals surface area (Å²) in [6.07, 6.45) is -3.26. The monoisotopic (exact) mass is 381 g/mol. The van der Waals surface area contributed by atoms with Gasteiger partial charge >= 0.3 is 6.18 Å². The normalized spacial score (nSPS) is 11.6. The van der Waals surface area contributed by atoms with Crippen LogP contribution in [0.1, 0.15) is 16.2 Å². The van der Waals surface area contributed by atoms with Gasteiger partial charge in [-0.2, -0.15) is 13.2 Å². The van der Waals surface area contributed by atoms with Gasteiger partial charge in [0.05, 0.1) is 24.0 Å². The lowest BCUT2D eigenvalue weighted by Gasteiger charge is -2.09. The van der Waals surface area contributed by atoms with Crippen molar-refractivity contribution in [1.29, 1.82) is 0 Å². The minimum atomic E-state index is -4.42. The summed E-state index contributed by atoms with van der Waals surface area (Å²) in [6, 6.07) is 8.70. The van der Waals surface area contributed by atoms with Crippen molar-refractivity contribution in [3.8, 4) is 5.75 Å². The molecule has 2 heterocycles. The lowest BCUT2D eigenvalue weighted by Crippen LogP contribution is -2.25. The summed E-state index contributed by atoms with van der Waals surface area (Å²) in [5.74, 6) is -0.792. The van der Waals surface area contributed by atoms with E-state index >= 15 is 0 Å². The zero-order chi connectivity index (χ0) is 19.6. The number of amides is 1. The molecule has 0 saturated heterocycles. The van der Waals surface area contributed by atoms with Crippen molar-refractivity contribution in [2.75, 3.05) is 6.61 Å². The van der Waals surface area contributed by atoms with Crippen molar-refractivity contribution in [1.82, 2.24) is 14.9 Å². The number of carbonyl (C=O) groups excluding carboxylic acids is 1. The Kier molecular flexibility index (Phi) is 5.02. The number of nitrogens with one attached hydrogen (secondary N) is 1. The third-order valence-corrected chi connectivity index (χ3v) is 3.87. The summed E-state index contributed by atoms with van der Waals surface area (Å²) < 4.78 is 55.8. The van der Waals surface area contributed by atoms with Crippen molar-refractivity contribution >= 4 is 16.8 Å². The van der Waals surface area contributed by atoms with E-state index in [0.717, 1.165) is 11.6 Å². The summed E-state index contributed by atoms with van der Waals surface area (Å²) in [5, 5.41) is 3.40. The highest BCUT2D eigenvalue weighted by Gasteiger charge is 2.28. The zero-order valence-electron chi connectivity index (χ0n) is 14.2. The van der Waals surface area contributed by atoms with Crippen molar-refractivity contribution in [2.24, 2.45) is 7.05 Å². The third-order valence-electron chi connectivity index (χ3n) is 3.87. The van der Waals surface area contributed by atoms with Gasteiger partial charge in [-0.15, -0.1) is 0 Å². The van der Waals surface area contributed by atoms with Crippen LogP contribution in [-0.2, 0) is 13.6 Å². The summed E-state index contributed by atoms with van der Waals surface area (Å²) in [6.45, 7) is -1.32. The Hall–Kier alpha value is -3.10. The number of ether oxygens (including phenoxy) is 1. The Morgan fingerprint density at radius 3 is 2.67 bits per heavy atom. The average molecular weight is 381 g/mol. The average Bonchev–Trinajstić information content (AvgIpc) is 2.94. The van der Waals surface area contributed by atoms with Crippen LogP contribution in [0.4, 0.5) is 17.6 Å². The fraction of sp³-hybridized carbons (Fsp3) is 0.222. The summed E-state index contributed by atoms with van der Waals surface area (Å²) >= 11 is 0. The molecule has 5 nitrogen and oxygen atoms in total. The molecule has 1 amide bonds. The van der Waals surface area contributed by atoms with Gasteiger partial charge in [0.15, 0.2) is 6.61 Å². The zero-order valence-corrected chi connectivity index (χ0v) is 14.2. The number of alkyl halides is 3. The molecule has 0 aliphatic rings. The number of aryl methyl sites for hydroxylation is 1. The molecule has 1 aromatic carbocycles. The summed E-state index contributed by atoms with van der Waals surface area (Å²) in [5.41, 5.74) is 1.39. The number of hydrogen-bond donors (Lipinski definition) is 1. The first-order valence-electron chi connectivity index (χ1n) is 7.90. The van der Waals surface area contributed by atoms with Crippen LogP contribution in [-0.4, -0.2) is 28.2 Å². The minimum Gasteiger partial charge on any atom is -0.483 e. The predicted octanol–water partition coefficient (Wildman–Crippen LogP) is 3.58. The van der Waals surface area contributed by atoms with Crippen molar-refractivity contribution in [3.63, 3.8) is 0 Å². The lowest BCUT2D eigenvalue weighted by atomic mass is 10.2. The molecule has 0 saturated carbocycles. The van der Waals surface area contributed by atoms with Gasteiger partial charge in [-0.05, 0) is 36.4 Å². The molecule has 0 aliphatic heterocycles. The van der Waals surface area contributed by atoms with E-state index in [1.807, 2.05) is 0 Å². The first-order chi connectivity index (χ1) is 12.7. The number of benzene rings is 1. The highest BCUT2D eigenvalue weighted by atomic mass is 19.4. The van der Waals surface area contributed by atoms with Crippen LogP contribution in [0.2, 0.25) is 0 Å². The van der Waals surface area contributed by atoms with E-state index in [1.54, 1.807) is 23.7 Å². The maximum atomic E-state index is 13.4. The van der Waals surface area contributed by atoms with E-state index in [2.05, 4.69) is 15.0 Å². The Bertz CT molecular complexity index is 965. The van der Waals surface area contributed by atoms with Crippen LogP contribution in [0.5, 0.6) is 5.75 Å². The highest BCUT2D eigenvalue weighted by molar-refractivity contribution is 5.98. The maximum absolute atomic E-state index is 13.4. The van der Waals surface area contributed by atoms with E-state index in [4.69, 9.17) is 0 Å². The van der Waals surface area contributed by atoms with Crippen LogP contribution in [0.15, 0.2) is 42.6 Å². The van der Waals surface area contributed by atoms with Crippen LogP contribution in [0.3, 0.4) is 0 Å². The molecular weight excluding hydrogens is 366 g/mol. The Labute approximate surface area is 151 Å². The predicted molar refractivity (Wildman–Crippen MR) is 89.8 cm³/mol. The molecule has 0 unspecified atom stereocenters. The molecule has 0 radical (unpaired) electrons. The van der Waals surface area contributed by atoms with E-state index < -0.39 is 18.6 Å². The molecule has 0 bridgehead atoms. The van der Waals surface area contributed by atoms with E-state index in [0.29, 0.717) is 16.9 Å². The number of aromatic nitrogens is 2. The van der Waals surface area contributed by atoms with Crippen molar-refractivity contribution < 1.29 is 27.1 Å². The van der Waals surface area contributed by atoms with Gasteiger partial charge in [-0.1, -0.05) is 0 Å². The molecule has 0 atom stereocenters. The number of fused-ring (bicyclic) bond motifs is 1. The smallest absolute Gasteiger partial charge is 0.422 e. The van der Waals surface area contributed by atoms with Crippen molar-refractivity contribution in [3.05, 3.63) is 59.8 Å². The van der Waals surface area contributed by atoms with E-state index in [9.17, 15) is 22.4 Å². The van der Waals surface area contributed by atoms with Gasteiger partial charge in [0.25, 0.3) is 5.91 Å². The molecule has 0 fully saturated rings. The van der Waals surface area contributed by atoms with Gasteiger partial charge in [0.1, 0.15) is 17.3 Å². The fourth-order valence-corrected chi connectivity index (χ4v) is 2.55. The SMILES string of the molecule is Cn1c(C(=O)NCc2ccc(OCC(F)(F)F)cn2)cc2ccc(F)cc21. The lowest BCUT2D eigenvalue weighted by molar-refractivity contribution is -0.153. The molecular formula is C18H15F4N3O2. The molecule has 3 rings (SSSR count). The summed E-state index contributed by atoms with van der Waals surface area (Å²) in [4.78, 5) is 16.3. The molecule has 27 heavy (non-hydrogen) atoms. The van der Waals surface area contributed by atoms with Gasteiger partial charge in [-0.3, -0.25) is 9.78 Å². The van der Waals surface area contributed by atoms with E-state index in [1.165, 1.54) is 24.3 Å². The van der Waals surface area contributed by atoms with Crippen LogP contribution < -0.4 is 10.1 Å². The van der Waals surface area contributed by atoms with Gasteiger partial charge in [-0.25, -0.2) is 4.39 Å². The van der Waals surface area contributed by atoms with Gasteiger partial charge < -0.3 is 14.6 Å². The topological polar surface area (TPSA) is 56.2 Å². The molecule has 0 aliphatic carbocycles. The van der Waals surface area contributed by atoms with Crippen molar-refractivity contribution in [2.45, 2.75) is 12.7 Å². The van der Waals surface area contributed by atoms with Gasteiger partial charge in [0, 0.05) is 12.4 Å². The standard InChI is InChI=1S/C18H15F4N3O2/c1-25-15-7-12(19)3-2-11(15)6-16(25)17(26)24-8-13-4-5-14(9-23-13)27-10-18(20,21)22/h2-7,9H,8,10H2,1H3,(H,24,26). The number of rotatable bonds is 5. The minimum absolute atomic E-state index is 0.0156. The van der Waals surface area contributed by atoms with E-state index in [-0.39, 0.29) is 18.2 Å². The number of carbonyl (C=O) groups is 1. The fourth-order valence-electron chi connectivity index (χ4n) is 2.55. The molecule has 142 valence electrons. The number of hydrogen-bond acceptors (Lipinski definition) is 3. The second-order valence-corrected chi connectivity index (χ2v) is 5.86. The van der Waals surface area contributed by atoms with Crippen LogP contribution in [0.25, 0.3) is 10.9 Å². The third kappa shape index (κ3) is 4.55. The van der Waals surface area contributed by atoms with Crippen LogP contribution >= 0.6 is 0 Å². The second kappa shape index (κ2) is 7.26. The molecule has 9 heteroatoms. The summed E-state index contributed by atoms with van der Waals surface area (Å²) in [7, 11) is 1.65. The second-order valence-electron chi connectivity index (χ2n) is 5.86. The first-order valence-corrected chi connectivity index (χ1v) is 7.90. The Morgan fingerprint density at radius 1 is 1.22 bits per heavy atom. The number of nitrogens with zero attached hydrogens (tertiary/aromatic N) is 2. The Balaban J connectivity index is 1.63.